The highest BCUT2D eigenvalue weighted by molar-refractivity contribution is 7.86. The summed E-state index contributed by atoms with van der Waals surface area (Å²) in [5, 5.41) is 0. The van der Waals surface area contributed by atoms with Crippen molar-refractivity contribution >= 4 is 16.2 Å². The van der Waals surface area contributed by atoms with E-state index in [9.17, 15) is 26.4 Å². The molecule has 0 N–H and O–H groups in total. The van der Waals surface area contributed by atoms with E-state index in [1.807, 2.05) is 0 Å². The van der Waals surface area contributed by atoms with Crippen LogP contribution in [0.4, 0.5) is 18.0 Å². The predicted octanol–water partition coefficient (Wildman–Crippen LogP) is 5.23. The summed E-state index contributed by atoms with van der Waals surface area (Å²) in [5.74, 6) is 0. The van der Waals surface area contributed by atoms with Crippen molar-refractivity contribution in [2.45, 2.75) is 69.0 Å². The molecule has 198 valence electrons. The number of ether oxygens (including phenoxy) is 2. The van der Waals surface area contributed by atoms with Gasteiger partial charge in [0.2, 0.25) is 0 Å². The molecular formula is C25H30F3NO6S. The summed E-state index contributed by atoms with van der Waals surface area (Å²) in [6, 6.07) is 12.9. The van der Waals surface area contributed by atoms with E-state index in [4.69, 9.17) is 13.7 Å². The Bertz CT molecular complexity index is 1150. The minimum absolute atomic E-state index is 0.141. The van der Waals surface area contributed by atoms with Crippen LogP contribution in [0.2, 0.25) is 0 Å². The SMILES string of the molecule is Cc1ccc(S(=O)(=O)OCC2CC(OCc3ccccc3)(C(F)(F)F)CN2C(=O)OC(C)(C)C)cc1. The van der Waals surface area contributed by atoms with E-state index in [0.29, 0.717) is 5.56 Å². The number of aryl methyl sites for hydroxylation is 1. The highest BCUT2D eigenvalue weighted by atomic mass is 32.2. The van der Waals surface area contributed by atoms with Crippen molar-refractivity contribution in [1.29, 1.82) is 0 Å². The van der Waals surface area contributed by atoms with Crippen LogP contribution in [0, 0.1) is 6.92 Å². The van der Waals surface area contributed by atoms with Crippen molar-refractivity contribution in [2.75, 3.05) is 13.2 Å². The van der Waals surface area contributed by atoms with Crippen LogP contribution in [0.3, 0.4) is 0 Å². The minimum atomic E-state index is -4.85. The summed E-state index contributed by atoms with van der Waals surface area (Å²) in [5.41, 5.74) is -2.37. The van der Waals surface area contributed by atoms with Gasteiger partial charge >= 0.3 is 12.3 Å². The first-order chi connectivity index (χ1) is 16.6. The lowest BCUT2D eigenvalue weighted by Crippen LogP contribution is -2.50. The van der Waals surface area contributed by atoms with Gasteiger partial charge in [0.15, 0.2) is 5.60 Å². The number of carbonyl (C=O) groups excluding carboxylic acids is 1. The third-order valence-corrected chi connectivity index (χ3v) is 6.96. The van der Waals surface area contributed by atoms with Crippen LogP contribution in [0.25, 0.3) is 0 Å². The molecule has 1 aliphatic heterocycles. The molecule has 2 atom stereocenters. The number of hydrogen-bond acceptors (Lipinski definition) is 6. The smallest absolute Gasteiger partial charge is 0.419 e. The maximum atomic E-state index is 14.4. The van der Waals surface area contributed by atoms with E-state index < -0.39 is 59.2 Å². The molecule has 2 aromatic rings. The van der Waals surface area contributed by atoms with Crippen LogP contribution < -0.4 is 0 Å². The van der Waals surface area contributed by atoms with Gasteiger partial charge in [-0.3, -0.25) is 9.08 Å². The molecule has 0 radical (unpaired) electrons. The standard InChI is InChI=1S/C25H30F3NO6S/c1-18-10-12-21(13-11-18)36(31,32)34-16-20-14-24(25(26,27)28,33-15-19-8-6-5-7-9-19)17-29(20)22(30)35-23(2,3)4/h5-13,20H,14-17H2,1-4H3. The summed E-state index contributed by atoms with van der Waals surface area (Å²) in [7, 11) is -4.28. The molecule has 0 bridgehead atoms. The van der Waals surface area contributed by atoms with Crippen LogP contribution in [0.15, 0.2) is 59.5 Å². The molecule has 36 heavy (non-hydrogen) atoms. The van der Waals surface area contributed by atoms with Gasteiger partial charge in [-0.15, -0.1) is 0 Å². The normalized spacial score (nSPS) is 21.0. The van der Waals surface area contributed by atoms with E-state index in [1.54, 1.807) is 70.2 Å². The fourth-order valence-electron chi connectivity index (χ4n) is 3.77. The van der Waals surface area contributed by atoms with Crippen LogP contribution >= 0.6 is 0 Å². The van der Waals surface area contributed by atoms with Gasteiger partial charge in [-0.1, -0.05) is 48.0 Å². The average molecular weight is 530 g/mol. The molecule has 3 rings (SSSR count). The number of likely N-dealkylation sites (tertiary alicyclic amines) is 1. The molecule has 1 heterocycles. The summed E-state index contributed by atoms with van der Waals surface area (Å²) < 4.78 is 84.3. The van der Waals surface area contributed by atoms with Crippen molar-refractivity contribution in [1.82, 2.24) is 4.90 Å². The van der Waals surface area contributed by atoms with E-state index in [2.05, 4.69) is 0 Å². The largest absolute Gasteiger partial charge is 0.444 e. The van der Waals surface area contributed by atoms with Gasteiger partial charge in [-0.2, -0.15) is 21.6 Å². The summed E-state index contributed by atoms with van der Waals surface area (Å²) in [6.45, 7) is 4.61. The third-order valence-electron chi connectivity index (χ3n) is 5.66. The van der Waals surface area contributed by atoms with E-state index in [0.717, 1.165) is 10.5 Å². The Kier molecular flexibility index (Phi) is 8.07. The molecule has 11 heteroatoms. The lowest BCUT2D eigenvalue weighted by Gasteiger charge is -2.32. The Morgan fingerprint density at radius 2 is 1.67 bits per heavy atom. The first-order valence-corrected chi connectivity index (χ1v) is 12.7. The van der Waals surface area contributed by atoms with Crippen molar-refractivity contribution in [2.24, 2.45) is 0 Å². The number of nitrogens with zero attached hydrogens (tertiary/aromatic N) is 1. The first-order valence-electron chi connectivity index (χ1n) is 11.3. The number of alkyl halides is 3. The number of benzene rings is 2. The van der Waals surface area contributed by atoms with E-state index >= 15 is 0 Å². The molecule has 0 saturated carbocycles. The second-order valence-corrected chi connectivity index (χ2v) is 11.4. The molecule has 0 aromatic heterocycles. The van der Waals surface area contributed by atoms with Crippen molar-refractivity contribution < 1.29 is 40.0 Å². The van der Waals surface area contributed by atoms with Gasteiger partial charge in [-0.25, -0.2) is 4.79 Å². The zero-order chi connectivity index (χ0) is 26.8. The van der Waals surface area contributed by atoms with E-state index in [1.165, 1.54) is 12.1 Å². The molecule has 1 aliphatic rings. The summed E-state index contributed by atoms with van der Waals surface area (Å²) in [6.07, 6.45) is -6.59. The molecule has 0 aliphatic carbocycles. The fourth-order valence-corrected chi connectivity index (χ4v) is 4.71. The fraction of sp³-hybridized carbons (Fsp3) is 0.480. The number of halogens is 3. The molecule has 2 aromatic carbocycles. The average Bonchev–Trinajstić information content (AvgIpc) is 3.17. The van der Waals surface area contributed by atoms with Gasteiger partial charge in [0.05, 0.1) is 30.7 Å². The Balaban J connectivity index is 1.87. The molecular weight excluding hydrogens is 499 g/mol. The molecule has 0 spiro atoms. The second kappa shape index (κ2) is 10.4. The highest BCUT2D eigenvalue weighted by Gasteiger charge is 2.63. The Morgan fingerprint density at radius 1 is 1.06 bits per heavy atom. The molecule has 7 nitrogen and oxygen atoms in total. The number of carbonyl (C=O) groups is 1. The Labute approximate surface area is 209 Å². The maximum absolute atomic E-state index is 14.4. The molecule has 1 fully saturated rings. The quantitative estimate of drug-likeness (QED) is 0.457. The summed E-state index contributed by atoms with van der Waals surface area (Å²) >= 11 is 0. The zero-order valence-electron chi connectivity index (χ0n) is 20.5. The lowest BCUT2D eigenvalue weighted by molar-refractivity contribution is -0.276. The highest BCUT2D eigenvalue weighted by Crippen LogP contribution is 2.44. The Hall–Kier alpha value is -2.63. The molecule has 1 saturated heterocycles. The van der Waals surface area contributed by atoms with Gasteiger partial charge in [0.25, 0.3) is 10.1 Å². The minimum Gasteiger partial charge on any atom is -0.444 e. The summed E-state index contributed by atoms with van der Waals surface area (Å²) in [4.78, 5) is 13.6. The number of hydrogen-bond donors (Lipinski definition) is 0. The molecule has 2 unspecified atom stereocenters. The maximum Gasteiger partial charge on any atom is 0.419 e. The van der Waals surface area contributed by atoms with E-state index in [-0.39, 0.29) is 11.5 Å². The van der Waals surface area contributed by atoms with Crippen LogP contribution in [0.1, 0.15) is 38.3 Å². The van der Waals surface area contributed by atoms with Gasteiger partial charge in [-0.05, 0) is 45.4 Å². The topological polar surface area (TPSA) is 82.1 Å². The van der Waals surface area contributed by atoms with Crippen molar-refractivity contribution in [3.8, 4) is 0 Å². The first kappa shape index (κ1) is 27.9. The van der Waals surface area contributed by atoms with Crippen LogP contribution in [-0.4, -0.2) is 56.0 Å². The second-order valence-electron chi connectivity index (χ2n) is 9.78. The van der Waals surface area contributed by atoms with Crippen molar-refractivity contribution in [3.05, 3.63) is 65.7 Å². The number of amides is 1. The van der Waals surface area contributed by atoms with Gasteiger partial charge in [0, 0.05) is 6.42 Å². The van der Waals surface area contributed by atoms with Crippen molar-refractivity contribution in [3.63, 3.8) is 0 Å². The Morgan fingerprint density at radius 3 is 2.22 bits per heavy atom. The predicted molar refractivity (Wildman–Crippen MR) is 126 cm³/mol. The lowest BCUT2D eigenvalue weighted by atomic mass is 9.99. The zero-order valence-corrected chi connectivity index (χ0v) is 21.4. The van der Waals surface area contributed by atoms with Crippen LogP contribution in [0.5, 0.6) is 0 Å². The van der Waals surface area contributed by atoms with Crippen LogP contribution in [-0.2, 0) is 30.4 Å². The van der Waals surface area contributed by atoms with Gasteiger partial charge < -0.3 is 9.47 Å². The number of rotatable bonds is 7. The van der Waals surface area contributed by atoms with Gasteiger partial charge in [0.1, 0.15) is 5.60 Å². The molecule has 1 amide bonds. The monoisotopic (exact) mass is 529 g/mol. The third kappa shape index (κ3) is 6.77.